The van der Waals surface area contributed by atoms with E-state index in [1.54, 1.807) is 30.3 Å². The van der Waals surface area contributed by atoms with Crippen molar-refractivity contribution in [2.45, 2.75) is 24.5 Å². The van der Waals surface area contributed by atoms with E-state index in [-0.39, 0.29) is 17.0 Å². The van der Waals surface area contributed by atoms with Crippen LogP contribution in [0.3, 0.4) is 0 Å². The maximum absolute atomic E-state index is 12.5. The minimum atomic E-state index is -2.37. The first-order valence-corrected chi connectivity index (χ1v) is 9.54. The Bertz CT molecular complexity index is 1220. The molecule has 12 heteroatoms. The monoisotopic (exact) mass is 430 g/mol. The molecule has 1 amide bonds. The number of aliphatic hydroxyl groups excluding tert-OH is 1. The molecule has 30 heavy (non-hydrogen) atoms. The zero-order valence-corrected chi connectivity index (χ0v) is 16.1. The molecule has 0 aliphatic carbocycles. The second kappa shape index (κ2) is 8.85. The maximum atomic E-state index is 12.5. The van der Waals surface area contributed by atoms with Gasteiger partial charge in [0.25, 0.3) is 0 Å². The molecule has 11 nitrogen and oxygen atoms in total. The second-order valence-corrected chi connectivity index (χ2v) is 6.58. The number of amides is 1. The van der Waals surface area contributed by atoms with Gasteiger partial charge in [-0.15, -0.1) is 0 Å². The SMILES string of the molecule is [2H][C@@]1(O)[C@@H](CO)O[C@@H](n2cnc3c(NC(=O)c4ccccc4)ncnc32)[C@@H]1OC#P=O. The van der Waals surface area contributed by atoms with Gasteiger partial charge in [0.05, 0.1) is 0 Å². The molecular weight excluding hydrogens is 413 g/mol. The fraction of sp³-hybridized carbons (Fsp3) is 0.278. The third-order valence-corrected chi connectivity index (χ3v) is 4.65. The Morgan fingerprint density at radius 3 is 2.90 bits per heavy atom. The molecule has 4 atom stereocenters. The number of anilines is 1. The second-order valence-electron chi connectivity index (χ2n) is 6.21. The van der Waals surface area contributed by atoms with E-state index < -0.39 is 44.9 Å². The van der Waals surface area contributed by atoms with Crippen LogP contribution in [0.4, 0.5) is 5.82 Å². The van der Waals surface area contributed by atoms with Gasteiger partial charge in [0, 0.05) is 0 Å². The van der Waals surface area contributed by atoms with Gasteiger partial charge in [-0.2, -0.15) is 0 Å². The summed E-state index contributed by atoms with van der Waals surface area (Å²) in [6.45, 7) is -0.661. The van der Waals surface area contributed by atoms with Gasteiger partial charge in [-0.05, 0) is 0 Å². The van der Waals surface area contributed by atoms with E-state index in [0.29, 0.717) is 5.56 Å². The predicted molar refractivity (Wildman–Crippen MR) is 103 cm³/mol. The van der Waals surface area contributed by atoms with Crippen LogP contribution in [0, 0.1) is 5.81 Å². The first kappa shape index (κ1) is 19.1. The number of ether oxygens (including phenoxy) is 2. The molecule has 3 heterocycles. The van der Waals surface area contributed by atoms with E-state index in [1.165, 1.54) is 17.2 Å². The molecule has 4 rings (SSSR count). The number of carbonyl (C=O) groups excluding carboxylic acids is 1. The summed E-state index contributed by atoms with van der Waals surface area (Å²) in [6, 6.07) is 8.54. The summed E-state index contributed by atoms with van der Waals surface area (Å²) >= 11 is 0. The number of hydrogen-bond donors (Lipinski definition) is 3. The van der Waals surface area contributed by atoms with Crippen LogP contribution in [0.15, 0.2) is 43.0 Å². The van der Waals surface area contributed by atoms with Crippen molar-refractivity contribution in [2.75, 3.05) is 11.9 Å². The topological polar surface area (TPSA) is 149 Å². The molecule has 154 valence electrons. The number of nitrogens with zero attached hydrogens (tertiary/aromatic N) is 4. The third-order valence-electron chi connectivity index (χ3n) is 4.47. The van der Waals surface area contributed by atoms with Crippen LogP contribution >= 0.6 is 7.92 Å². The van der Waals surface area contributed by atoms with Gasteiger partial charge in [0.1, 0.15) is 0 Å². The quantitative estimate of drug-likeness (QED) is 0.502. The molecule has 0 radical (unpaired) electrons. The number of imidazole rings is 1. The molecule has 0 bridgehead atoms. The summed E-state index contributed by atoms with van der Waals surface area (Å²) in [4.78, 5) is 24.9. The zero-order valence-electron chi connectivity index (χ0n) is 16.2. The standard InChI is InChI=1S/C18H16N5O6P/c24-6-11-13(25)14(28-9-30-27)18(29-11)23-8-21-12-15(19-7-20-16(12)23)22-17(26)10-4-2-1-3-5-10/h1-5,7-8,11,13-14,18,24-25H,6H2,(H,19,20,22,26)/t11-,13-,14-,18-/m1/s1/i13D. The average molecular weight is 430 g/mol. The Balaban J connectivity index is 1.70. The molecule has 0 saturated carbocycles. The van der Waals surface area contributed by atoms with E-state index in [2.05, 4.69) is 20.3 Å². The summed E-state index contributed by atoms with van der Waals surface area (Å²) < 4.78 is 31.0. The van der Waals surface area contributed by atoms with Crippen molar-refractivity contribution in [3.05, 3.63) is 48.5 Å². The van der Waals surface area contributed by atoms with E-state index in [1.807, 2.05) is 5.81 Å². The van der Waals surface area contributed by atoms with Crippen molar-refractivity contribution in [1.82, 2.24) is 19.5 Å². The summed E-state index contributed by atoms with van der Waals surface area (Å²) in [5.74, 6) is 1.78. The normalized spacial score (nSPS) is 26.2. The summed E-state index contributed by atoms with van der Waals surface area (Å²) in [5, 5.41) is 22.6. The molecule has 1 aliphatic heterocycles. The van der Waals surface area contributed by atoms with E-state index >= 15 is 0 Å². The summed E-state index contributed by atoms with van der Waals surface area (Å²) in [7, 11) is -0.593. The van der Waals surface area contributed by atoms with Crippen molar-refractivity contribution in [3.8, 4) is 5.81 Å². The first-order chi connectivity index (χ1) is 15.0. The van der Waals surface area contributed by atoms with Crippen LogP contribution in [0.25, 0.3) is 11.2 Å². The Kier molecular flexibility index (Phi) is 5.62. The van der Waals surface area contributed by atoms with Gasteiger partial charge in [-0.25, -0.2) is 0 Å². The van der Waals surface area contributed by atoms with Crippen LogP contribution in [0.5, 0.6) is 0 Å². The number of hydrogen-bond acceptors (Lipinski definition) is 9. The molecule has 0 unspecified atom stereocenters. The molecule has 1 aromatic carbocycles. The van der Waals surface area contributed by atoms with Crippen LogP contribution < -0.4 is 5.32 Å². The number of carbonyl (C=O) groups is 1. The number of aliphatic hydroxyl groups is 2. The van der Waals surface area contributed by atoms with Crippen LogP contribution in [-0.2, 0) is 14.0 Å². The average Bonchev–Trinajstić information content (AvgIpc) is 3.31. The number of fused-ring (bicyclic) bond motifs is 1. The van der Waals surface area contributed by atoms with Gasteiger partial charge < -0.3 is 0 Å². The molecule has 1 saturated heterocycles. The van der Waals surface area contributed by atoms with Crippen molar-refractivity contribution < 1.29 is 30.4 Å². The van der Waals surface area contributed by atoms with Gasteiger partial charge in [0.2, 0.25) is 0 Å². The summed E-state index contributed by atoms with van der Waals surface area (Å²) in [5.41, 5.74) is 0.866. The van der Waals surface area contributed by atoms with Gasteiger partial charge in [-0.1, -0.05) is 18.2 Å². The minimum absolute atomic E-state index is 0.143. The third kappa shape index (κ3) is 3.78. The molecule has 1 aliphatic rings. The Labute approximate surface area is 172 Å². The van der Waals surface area contributed by atoms with E-state index in [4.69, 9.17) is 10.8 Å². The van der Waals surface area contributed by atoms with Gasteiger partial charge in [0.15, 0.2) is 0 Å². The van der Waals surface area contributed by atoms with Crippen molar-refractivity contribution in [2.24, 2.45) is 0 Å². The number of nitrogens with one attached hydrogen (secondary N) is 1. The molecule has 1 fully saturated rings. The fourth-order valence-corrected chi connectivity index (χ4v) is 3.24. The molecule has 2 aromatic heterocycles. The Morgan fingerprint density at radius 2 is 2.17 bits per heavy atom. The van der Waals surface area contributed by atoms with Crippen molar-refractivity contribution in [1.29, 1.82) is 0 Å². The number of rotatable bonds is 5. The molecule has 3 aromatic rings. The zero-order chi connectivity index (χ0) is 22.0. The fourth-order valence-electron chi connectivity index (χ4n) is 3.08. The van der Waals surface area contributed by atoms with Gasteiger partial charge >= 0.3 is 153 Å². The van der Waals surface area contributed by atoms with Crippen LogP contribution in [0.1, 0.15) is 18.0 Å². The van der Waals surface area contributed by atoms with Gasteiger partial charge in [-0.3, -0.25) is 0 Å². The number of aromatic nitrogens is 4. The van der Waals surface area contributed by atoms with Crippen molar-refractivity contribution in [3.63, 3.8) is 0 Å². The Hall–Kier alpha value is -2.91. The van der Waals surface area contributed by atoms with Crippen molar-refractivity contribution >= 4 is 30.8 Å². The van der Waals surface area contributed by atoms with Crippen LogP contribution in [-0.4, -0.2) is 60.5 Å². The number of benzene rings is 1. The van der Waals surface area contributed by atoms with E-state index in [9.17, 15) is 19.6 Å². The van der Waals surface area contributed by atoms with E-state index in [0.717, 1.165) is 0 Å². The van der Waals surface area contributed by atoms with Crippen LogP contribution in [0.2, 0.25) is 0 Å². The molecule has 3 N–H and O–H groups in total. The Morgan fingerprint density at radius 1 is 1.37 bits per heavy atom. The molecule has 0 spiro atoms. The first-order valence-electron chi connectivity index (χ1n) is 9.23. The predicted octanol–water partition coefficient (Wildman–Crippen LogP) is 0.923. The summed E-state index contributed by atoms with van der Waals surface area (Å²) in [6.07, 6.45) is -3.73. The molecular formula is C18H16N5O6P.